The lowest BCUT2D eigenvalue weighted by Crippen LogP contribution is -2.05. The molecule has 0 aliphatic heterocycles. The minimum atomic E-state index is 0.925. The lowest BCUT2D eigenvalue weighted by atomic mass is 9.89. The molecule has 4 aliphatic rings. The molecule has 2 nitrogen and oxygen atoms in total. The van der Waals surface area contributed by atoms with Crippen LogP contribution < -0.4 is 10.1 Å². The minimum absolute atomic E-state index is 0.925. The highest BCUT2D eigenvalue weighted by Crippen LogP contribution is 2.37. The first-order valence-electron chi connectivity index (χ1n) is 11.0. The van der Waals surface area contributed by atoms with Crippen LogP contribution in [-0.4, -0.2) is 7.11 Å². The maximum atomic E-state index is 5.72. The van der Waals surface area contributed by atoms with Crippen LogP contribution >= 0.6 is 0 Å². The summed E-state index contributed by atoms with van der Waals surface area (Å²) in [6.45, 7) is 0. The van der Waals surface area contributed by atoms with Gasteiger partial charge in [0.1, 0.15) is 5.75 Å². The van der Waals surface area contributed by atoms with E-state index in [9.17, 15) is 0 Å². The Kier molecular flexibility index (Phi) is 5.45. The average molecular weight is 406 g/mol. The molecule has 8 rings (SSSR count). The van der Waals surface area contributed by atoms with E-state index < -0.39 is 0 Å². The van der Waals surface area contributed by atoms with Gasteiger partial charge in [-0.2, -0.15) is 0 Å². The van der Waals surface area contributed by atoms with Crippen molar-refractivity contribution < 1.29 is 4.74 Å². The summed E-state index contributed by atoms with van der Waals surface area (Å²) < 4.78 is 5.72. The molecule has 4 bridgehead atoms. The number of methoxy groups -OCH3 is 1. The summed E-state index contributed by atoms with van der Waals surface area (Å²) in [7, 11) is 1.75. The molecule has 0 amide bonds. The normalized spacial score (nSPS) is 12.8. The van der Waals surface area contributed by atoms with Crippen molar-refractivity contribution in [3.8, 4) is 16.9 Å². The molecule has 1 N–H and O–H groups in total. The number of para-hydroxylation sites is 2. The first kappa shape index (κ1) is 19.4. The predicted octanol–water partition coefficient (Wildman–Crippen LogP) is 6.99. The van der Waals surface area contributed by atoms with E-state index >= 15 is 0 Å². The lowest BCUT2D eigenvalue weighted by Gasteiger charge is -2.20. The number of anilines is 2. The number of benzene rings is 4. The van der Waals surface area contributed by atoms with Gasteiger partial charge in [0.2, 0.25) is 0 Å². The van der Waals surface area contributed by atoms with E-state index in [1.54, 1.807) is 7.11 Å². The van der Waals surface area contributed by atoms with Gasteiger partial charge in [0.25, 0.3) is 0 Å². The number of nitrogens with one attached hydrogen (secondary N) is 1. The molecule has 0 radical (unpaired) electrons. The Morgan fingerprint density at radius 1 is 0.613 bits per heavy atom. The zero-order valence-electron chi connectivity index (χ0n) is 17.9. The van der Waals surface area contributed by atoms with Crippen LogP contribution in [0.3, 0.4) is 0 Å². The Morgan fingerprint density at radius 3 is 1.97 bits per heavy atom. The smallest absolute Gasteiger partial charge is 0.126 e. The van der Waals surface area contributed by atoms with Crippen LogP contribution in [0, 0.1) is 0 Å². The Balaban J connectivity index is 1.65. The summed E-state index contributed by atoms with van der Waals surface area (Å²) in [5, 5.41) is 3.68. The van der Waals surface area contributed by atoms with E-state index in [1.165, 1.54) is 39.1 Å². The van der Waals surface area contributed by atoms with E-state index in [2.05, 4.69) is 90.2 Å². The quantitative estimate of drug-likeness (QED) is 0.395. The summed E-state index contributed by atoms with van der Waals surface area (Å²) in [6, 6.07) is 32.7. The van der Waals surface area contributed by atoms with E-state index in [4.69, 9.17) is 4.74 Å². The molecule has 0 aromatic heterocycles. The Hall–Kier alpha value is -3.52. The van der Waals surface area contributed by atoms with Crippen LogP contribution in [0.5, 0.6) is 5.75 Å². The number of rotatable bonds is 4. The SMILES string of the molecule is COc1ccccc1-c1cc2c(Nc3ccccc3)cc1CCc1ccc(cc1)CC2. The van der Waals surface area contributed by atoms with Crippen molar-refractivity contribution in [2.45, 2.75) is 25.7 Å². The predicted molar refractivity (Wildman–Crippen MR) is 129 cm³/mol. The first-order valence-corrected chi connectivity index (χ1v) is 11.0. The lowest BCUT2D eigenvalue weighted by molar-refractivity contribution is 0.416. The van der Waals surface area contributed by atoms with Gasteiger partial charge in [-0.1, -0.05) is 60.7 Å². The number of ether oxygens (including phenoxy) is 1. The van der Waals surface area contributed by atoms with Crippen LogP contribution in [0.15, 0.2) is 91.0 Å². The van der Waals surface area contributed by atoms with E-state index in [1.807, 2.05) is 6.07 Å². The van der Waals surface area contributed by atoms with Gasteiger partial charge in [-0.15, -0.1) is 0 Å². The Labute approximate surface area is 184 Å². The molecule has 4 aromatic rings. The second-order valence-corrected chi connectivity index (χ2v) is 8.17. The van der Waals surface area contributed by atoms with Crippen molar-refractivity contribution in [2.75, 3.05) is 12.4 Å². The van der Waals surface area contributed by atoms with E-state index in [0.717, 1.165) is 37.1 Å². The maximum absolute atomic E-state index is 5.72. The average Bonchev–Trinajstić information content (AvgIpc) is 2.82. The van der Waals surface area contributed by atoms with Gasteiger partial charge in [0.05, 0.1) is 7.11 Å². The highest BCUT2D eigenvalue weighted by molar-refractivity contribution is 5.78. The van der Waals surface area contributed by atoms with Gasteiger partial charge in [0.15, 0.2) is 0 Å². The highest BCUT2D eigenvalue weighted by Gasteiger charge is 2.16. The van der Waals surface area contributed by atoms with Gasteiger partial charge in [-0.3, -0.25) is 0 Å². The molecule has 4 aromatic carbocycles. The van der Waals surface area contributed by atoms with Gasteiger partial charge in [-0.25, -0.2) is 0 Å². The molecular weight excluding hydrogens is 378 g/mol. The van der Waals surface area contributed by atoms with Crippen molar-refractivity contribution in [3.63, 3.8) is 0 Å². The third-order valence-electron chi connectivity index (χ3n) is 6.17. The second kappa shape index (κ2) is 8.69. The molecule has 0 saturated heterocycles. The number of hydrogen-bond donors (Lipinski definition) is 1. The third-order valence-corrected chi connectivity index (χ3v) is 6.17. The molecular formula is C29H27NO. The monoisotopic (exact) mass is 405 g/mol. The fourth-order valence-electron chi connectivity index (χ4n) is 4.44. The fraction of sp³-hybridized carbons (Fsp3) is 0.172. The van der Waals surface area contributed by atoms with Crippen LogP contribution in [-0.2, 0) is 25.7 Å². The summed E-state index contributed by atoms with van der Waals surface area (Å²) in [5.74, 6) is 0.925. The van der Waals surface area contributed by atoms with Crippen molar-refractivity contribution in [3.05, 3.63) is 113 Å². The van der Waals surface area contributed by atoms with Gasteiger partial charge in [0, 0.05) is 16.9 Å². The minimum Gasteiger partial charge on any atom is -0.496 e. The first-order chi connectivity index (χ1) is 15.3. The largest absolute Gasteiger partial charge is 0.496 e. The van der Waals surface area contributed by atoms with Crippen LogP contribution in [0.2, 0.25) is 0 Å². The molecule has 31 heavy (non-hydrogen) atoms. The molecule has 0 heterocycles. The summed E-state index contributed by atoms with van der Waals surface area (Å²) in [4.78, 5) is 0. The third kappa shape index (κ3) is 4.20. The highest BCUT2D eigenvalue weighted by atomic mass is 16.5. The van der Waals surface area contributed by atoms with E-state index in [-0.39, 0.29) is 0 Å². The molecule has 0 saturated carbocycles. The number of aryl methyl sites for hydroxylation is 4. The van der Waals surface area contributed by atoms with Crippen LogP contribution in [0.25, 0.3) is 11.1 Å². The molecule has 0 unspecified atom stereocenters. The fourth-order valence-corrected chi connectivity index (χ4v) is 4.44. The van der Waals surface area contributed by atoms with Gasteiger partial charge in [-0.05, 0) is 83.8 Å². The summed E-state index contributed by atoms with van der Waals surface area (Å²) in [5.41, 5.74) is 10.2. The molecule has 0 fully saturated rings. The van der Waals surface area contributed by atoms with E-state index in [0.29, 0.717) is 0 Å². The zero-order valence-corrected chi connectivity index (χ0v) is 17.9. The maximum Gasteiger partial charge on any atom is 0.126 e. The van der Waals surface area contributed by atoms with Crippen LogP contribution in [0.1, 0.15) is 22.3 Å². The van der Waals surface area contributed by atoms with Crippen LogP contribution in [0.4, 0.5) is 11.4 Å². The zero-order chi connectivity index (χ0) is 21.0. The topological polar surface area (TPSA) is 21.3 Å². The van der Waals surface area contributed by atoms with Crippen molar-refractivity contribution in [2.24, 2.45) is 0 Å². The van der Waals surface area contributed by atoms with Gasteiger partial charge < -0.3 is 10.1 Å². The Morgan fingerprint density at radius 2 is 1.26 bits per heavy atom. The molecule has 154 valence electrons. The summed E-state index contributed by atoms with van der Waals surface area (Å²) >= 11 is 0. The number of hydrogen-bond acceptors (Lipinski definition) is 2. The second-order valence-electron chi connectivity index (χ2n) is 8.17. The molecule has 2 heteroatoms. The molecule has 4 aliphatic carbocycles. The molecule has 0 spiro atoms. The summed E-state index contributed by atoms with van der Waals surface area (Å²) in [6.07, 6.45) is 4.01. The van der Waals surface area contributed by atoms with Gasteiger partial charge >= 0.3 is 0 Å². The standard InChI is InChI=1S/C29H27NO/c1-31-29-10-6-5-9-26(29)27-19-24-18-16-22-13-11-21(12-14-22)15-17-23(27)20-28(24)30-25-7-3-2-4-8-25/h2-14,19-20,30H,15-18H2,1H3. The Bertz CT molecular complexity index is 1180. The van der Waals surface area contributed by atoms with Crippen molar-refractivity contribution >= 4 is 11.4 Å². The molecule has 0 atom stereocenters. The van der Waals surface area contributed by atoms with Crippen molar-refractivity contribution in [1.82, 2.24) is 0 Å². The van der Waals surface area contributed by atoms with Crippen molar-refractivity contribution in [1.29, 1.82) is 0 Å².